The molecule has 0 bridgehead atoms. The molecule has 0 spiro atoms. The van der Waals surface area contributed by atoms with Crippen molar-refractivity contribution in [1.29, 1.82) is 0 Å². The molecule has 2 heterocycles. The highest BCUT2D eigenvalue weighted by Gasteiger charge is 2.24. The Bertz CT molecular complexity index is 897. The van der Waals surface area contributed by atoms with Gasteiger partial charge in [-0.3, -0.25) is 14.2 Å². The average molecular weight is 408 g/mol. The van der Waals surface area contributed by atoms with E-state index in [1.165, 1.54) is 18.2 Å². The maximum atomic E-state index is 13.0. The summed E-state index contributed by atoms with van der Waals surface area (Å²) in [4.78, 5) is 32.3. The van der Waals surface area contributed by atoms with Crippen LogP contribution in [0.5, 0.6) is 0 Å². The van der Waals surface area contributed by atoms with Crippen molar-refractivity contribution in [3.63, 3.8) is 0 Å². The SMILES string of the molecule is CC(C)Cn1c(SCC(=O)N2CCCC[C@@H]2C)nc2cc(Cl)ccc2c1=O. The fourth-order valence-corrected chi connectivity index (χ4v) is 4.55. The molecule has 1 aromatic carbocycles. The third-order valence-electron chi connectivity index (χ3n) is 4.88. The second-order valence-electron chi connectivity index (χ2n) is 7.59. The quantitative estimate of drug-likeness (QED) is 0.550. The van der Waals surface area contributed by atoms with E-state index in [-0.39, 0.29) is 17.5 Å². The molecule has 2 aromatic rings. The number of likely N-dealkylation sites (tertiary alicyclic amines) is 1. The molecule has 146 valence electrons. The first kappa shape index (κ1) is 20.2. The maximum Gasteiger partial charge on any atom is 0.262 e. The molecule has 0 aliphatic carbocycles. The van der Waals surface area contributed by atoms with E-state index in [1.54, 1.807) is 22.8 Å². The molecule has 1 aliphatic rings. The van der Waals surface area contributed by atoms with Gasteiger partial charge in [0, 0.05) is 24.2 Å². The summed E-state index contributed by atoms with van der Waals surface area (Å²) in [6, 6.07) is 5.42. The molecule has 1 aromatic heterocycles. The summed E-state index contributed by atoms with van der Waals surface area (Å²) in [5.74, 6) is 0.705. The topological polar surface area (TPSA) is 55.2 Å². The van der Waals surface area contributed by atoms with Gasteiger partial charge in [-0.15, -0.1) is 0 Å². The maximum absolute atomic E-state index is 13.0. The van der Waals surface area contributed by atoms with Crippen molar-refractivity contribution < 1.29 is 4.79 Å². The number of thioether (sulfide) groups is 1. The van der Waals surface area contributed by atoms with Gasteiger partial charge in [0.2, 0.25) is 5.91 Å². The number of hydrogen-bond donors (Lipinski definition) is 0. The van der Waals surface area contributed by atoms with Gasteiger partial charge < -0.3 is 4.90 Å². The van der Waals surface area contributed by atoms with E-state index in [1.807, 2.05) is 4.90 Å². The van der Waals surface area contributed by atoms with Crippen molar-refractivity contribution in [2.75, 3.05) is 12.3 Å². The molecule has 1 saturated heterocycles. The van der Waals surface area contributed by atoms with Crippen LogP contribution >= 0.6 is 23.4 Å². The number of fused-ring (bicyclic) bond motifs is 1. The highest BCUT2D eigenvalue weighted by atomic mass is 35.5. The number of aromatic nitrogens is 2. The van der Waals surface area contributed by atoms with E-state index in [0.29, 0.717) is 39.3 Å². The van der Waals surface area contributed by atoms with E-state index in [4.69, 9.17) is 11.6 Å². The van der Waals surface area contributed by atoms with Crippen LogP contribution in [0.2, 0.25) is 5.02 Å². The average Bonchev–Trinajstić information content (AvgIpc) is 2.62. The fraction of sp³-hybridized carbons (Fsp3) is 0.550. The minimum Gasteiger partial charge on any atom is -0.339 e. The Labute approximate surface area is 169 Å². The Balaban J connectivity index is 1.89. The van der Waals surface area contributed by atoms with Crippen LogP contribution in [-0.2, 0) is 11.3 Å². The summed E-state index contributed by atoms with van der Waals surface area (Å²) in [6.07, 6.45) is 3.30. The predicted molar refractivity (Wildman–Crippen MR) is 112 cm³/mol. The fourth-order valence-electron chi connectivity index (χ4n) is 3.49. The standard InChI is InChI=1S/C20H26ClN3O2S/c1-13(2)11-24-19(26)16-8-7-15(21)10-17(16)22-20(24)27-12-18(25)23-9-5-4-6-14(23)3/h7-8,10,13-14H,4-6,9,11-12H2,1-3H3/t14-/m0/s1. The molecule has 27 heavy (non-hydrogen) atoms. The van der Waals surface area contributed by atoms with Crippen LogP contribution in [0.15, 0.2) is 28.2 Å². The van der Waals surface area contributed by atoms with Crippen LogP contribution < -0.4 is 5.56 Å². The van der Waals surface area contributed by atoms with Gasteiger partial charge in [0.05, 0.1) is 16.7 Å². The van der Waals surface area contributed by atoms with Crippen molar-refractivity contribution in [3.05, 3.63) is 33.6 Å². The number of carbonyl (C=O) groups excluding carboxylic acids is 1. The summed E-state index contributed by atoms with van der Waals surface area (Å²) >= 11 is 7.42. The van der Waals surface area contributed by atoms with Crippen LogP contribution in [-0.4, -0.2) is 38.7 Å². The third-order valence-corrected chi connectivity index (χ3v) is 6.07. The number of nitrogens with zero attached hydrogens (tertiary/aromatic N) is 3. The van der Waals surface area contributed by atoms with Gasteiger partial charge in [0.25, 0.3) is 5.56 Å². The van der Waals surface area contributed by atoms with Crippen molar-refractivity contribution in [2.24, 2.45) is 5.92 Å². The van der Waals surface area contributed by atoms with Gasteiger partial charge in [-0.2, -0.15) is 0 Å². The summed E-state index contributed by atoms with van der Waals surface area (Å²) in [7, 11) is 0. The Hall–Kier alpha value is -1.53. The molecule has 3 rings (SSSR count). The van der Waals surface area contributed by atoms with E-state index >= 15 is 0 Å². The Morgan fingerprint density at radius 1 is 1.37 bits per heavy atom. The first-order chi connectivity index (χ1) is 12.9. The van der Waals surface area contributed by atoms with Crippen LogP contribution in [0, 0.1) is 5.92 Å². The van der Waals surface area contributed by atoms with Gasteiger partial charge in [-0.05, 0) is 50.3 Å². The second kappa shape index (κ2) is 8.65. The lowest BCUT2D eigenvalue weighted by Gasteiger charge is -2.33. The van der Waals surface area contributed by atoms with E-state index in [0.717, 1.165) is 19.4 Å². The number of hydrogen-bond acceptors (Lipinski definition) is 4. The first-order valence-electron chi connectivity index (χ1n) is 9.49. The van der Waals surface area contributed by atoms with E-state index < -0.39 is 0 Å². The predicted octanol–water partition coefficient (Wildman–Crippen LogP) is 4.20. The van der Waals surface area contributed by atoms with Crippen LogP contribution in [0.4, 0.5) is 0 Å². The van der Waals surface area contributed by atoms with E-state index in [2.05, 4.69) is 25.8 Å². The molecule has 0 unspecified atom stereocenters. The third kappa shape index (κ3) is 4.66. The van der Waals surface area contributed by atoms with Gasteiger partial charge in [-0.1, -0.05) is 37.2 Å². The molecule has 1 fully saturated rings. The van der Waals surface area contributed by atoms with Crippen molar-refractivity contribution in [2.45, 2.75) is 57.8 Å². The number of piperidine rings is 1. The summed E-state index contributed by atoms with van der Waals surface area (Å²) < 4.78 is 1.69. The molecule has 0 saturated carbocycles. The lowest BCUT2D eigenvalue weighted by Crippen LogP contribution is -2.43. The Morgan fingerprint density at radius 2 is 2.15 bits per heavy atom. The number of carbonyl (C=O) groups is 1. The lowest BCUT2D eigenvalue weighted by atomic mass is 10.0. The monoisotopic (exact) mass is 407 g/mol. The summed E-state index contributed by atoms with van der Waals surface area (Å²) in [6.45, 7) is 7.62. The normalized spacial score (nSPS) is 17.7. The molecular weight excluding hydrogens is 382 g/mol. The molecule has 1 amide bonds. The van der Waals surface area contributed by atoms with Crippen molar-refractivity contribution >= 4 is 40.2 Å². The highest BCUT2D eigenvalue weighted by Crippen LogP contribution is 2.23. The van der Waals surface area contributed by atoms with Gasteiger partial charge in [-0.25, -0.2) is 4.98 Å². The zero-order valence-corrected chi connectivity index (χ0v) is 17.6. The van der Waals surface area contributed by atoms with Gasteiger partial charge in [0.15, 0.2) is 5.16 Å². The number of amides is 1. The zero-order chi connectivity index (χ0) is 19.6. The van der Waals surface area contributed by atoms with E-state index in [9.17, 15) is 9.59 Å². The largest absolute Gasteiger partial charge is 0.339 e. The zero-order valence-electron chi connectivity index (χ0n) is 16.1. The van der Waals surface area contributed by atoms with Crippen LogP contribution in [0.25, 0.3) is 10.9 Å². The second-order valence-corrected chi connectivity index (χ2v) is 8.96. The molecule has 1 atom stereocenters. The smallest absolute Gasteiger partial charge is 0.262 e. The molecule has 0 N–H and O–H groups in total. The summed E-state index contributed by atoms with van der Waals surface area (Å²) in [5, 5.41) is 1.69. The Kier molecular flexibility index (Phi) is 6.48. The van der Waals surface area contributed by atoms with Crippen LogP contribution in [0.3, 0.4) is 0 Å². The molecular formula is C20H26ClN3O2S. The lowest BCUT2D eigenvalue weighted by molar-refractivity contribution is -0.131. The molecule has 0 radical (unpaired) electrons. The number of benzene rings is 1. The van der Waals surface area contributed by atoms with Crippen molar-refractivity contribution in [3.8, 4) is 0 Å². The van der Waals surface area contributed by atoms with Gasteiger partial charge in [0.1, 0.15) is 0 Å². The van der Waals surface area contributed by atoms with Crippen molar-refractivity contribution in [1.82, 2.24) is 14.5 Å². The first-order valence-corrected chi connectivity index (χ1v) is 10.9. The summed E-state index contributed by atoms with van der Waals surface area (Å²) in [5.41, 5.74) is 0.500. The van der Waals surface area contributed by atoms with Crippen LogP contribution in [0.1, 0.15) is 40.0 Å². The Morgan fingerprint density at radius 3 is 2.85 bits per heavy atom. The minimum absolute atomic E-state index is 0.0772. The molecule has 5 nitrogen and oxygen atoms in total. The number of halogens is 1. The highest BCUT2D eigenvalue weighted by molar-refractivity contribution is 7.99. The minimum atomic E-state index is -0.0772. The molecule has 1 aliphatic heterocycles. The number of rotatable bonds is 5. The van der Waals surface area contributed by atoms with Gasteiger partial charge >= 0.3 is 0 Å². The molecule has 7 heteroatoms.